The molecule has 0 aliphatic rings. The van der Waals surface area contributed by atoms with Gasteiger partial charge in [0.25, 0.3) is 5.69 Å². The van der Waals surface area contributed by atoms with Crippen LogP contribution in [0.3, 0.4) is 0 Å². The fraction of sp³-hybridized carbons (Fsp3) is 0.143. The standard InChI is InChI=1S/C21H18N4O2S/c1-14(2)15-6-8-18(9-7-15)23-12-17(11-22)21-24-20(13-28-21)16-4-3-5-19(10-16)25(26)27/h3-10,12-14,23H,1-2H3/b17-12-. The topological polar surface area (TPSA) is 91.8 Å². The molecule has 1 N–H and O–H groups in total. The van der Waals surface area contributed by atoms with Gasteiger partial charge in [0, 0.05) is 35.0 Å². The van der Waals surface area contributed by atoms with Crippen molar-refractivity contribution in [1.29, 1.82) is 5.26 Å². The van der Waals surface area contributed by atoms with Crippen LogP contribution in [0, 0.1) is 21.4 Å². The Morgan fingerprint density at radius 3 is 2.68 bits per heavy atom. The van der Waals surface area contributed by atoms with Crippen molar-refractivity contribution in [2.45, 2.75) is 19.8 Å². The maximum absolute atomic E-state index is 10.9. The molecule has 0 bridgehead atoms. The molecule has 0 atom stereocenters. The van der Waals surface area contributed by atoms with E-state index in [1.807, 2.05) is 12.1 Å². The lowest BCUT2D eigenvalue weighted by Crippen LogP contribution is -1.93. The van der Waals surface area contributed by atoms with Crippen LogP contribution < -0.4 is 5.32 Å². The van der Waals surface area contributed by atoms with E-state index >= 15 is 0 Å². The number of rotatable bonds is 6. The summed E-state index contributed by atoms with van der Waals surface area (Å²) in [7, 11) is 0. The third-order valence-corrected chi connectivity index (χ3v) is 5.04. The van der Waals surface area contributed by atoms with E-state index in [1.165, 1.54) is 29.0 Å². The summed E-state index contributed by atoms with van der Waals surface area (Å²) in [5, 5.41) is 25.9. The highest BCUT2D eigenvalue weighted by atomic mass is 32.1. The van der Waals surface area contributed by atoms with E-state index in [0.29, 0.717) is 27.8 Å². The zero-order valence-electron chi connectivity index (χ0n) is 15.4. The van der Waals surface area contributed by atoms with Gasteiger partial charge < -0.3 is 5.32 Å². The van der Waals surface area contributed by atoms with Crippen LogP contribution in [0.5, 0.6) is 0 Å². The van der Waals surface area contributed by atoms with Gasteiger partial charge in [-0.1, -0.05) is 38.1 Å². The second-order valence-electron chi connectivity index (χ2n) is 6.44. The van der Waals surface area contributed by atoms with E-state index in [-0.39, 0.29) is 5.69 Å². The fourth-order valence-electron chi connectivity index (χ4n) is 2.57. The minimum absolute atomic E-state index is 0.00890. The quantitative estimate of drug-likeness (QED) is 0.325. The van der Waals surface area contributed by atoms with Crippen LogP contribution >= 0.6 is 11.3 Å². The zero-order chi connectivity index (χ0) is 20.1. The Labute approximate surface area is 167 Å². The first-order valence-corrected chi connectivity index (χ1v) is 9.53. The number of anilines is 1. The molecule has 0 spiro atoms. The second kappa shape index (κ2) is 8.46. The third kappa shape index (κ3) is 4.42. The number of hydrogen-bond acceptors (Lipinski definition) is 6. The summed E-state index contributed by atoms with van der Waals surface area (Å²) in [6, 6.07) is 16.5. The first-order chi connectivity index (χ1) is 13.5. The normalized spacial score (nSPS) is 11.3. The lowest BCUT2D eigenvalue weighted by molar-refractivity contribution is -0.384. The van der Waals surface area contributed by atoms with Crippen molar-refractivity contribution in [2.75, 3.05) is 5.32 Å². The molecule has 3 aromatic rings. The van der Waals surface area contributed by atoms with Gasteiger partial charge in [-0.25, -0.2) is 4.98 Å². The van der Waals surface area contributed by atoms with Crippen LogP contribution in [0.4, 0.5) is 11.4 Å². The predicted molar refractivity (Wildman–Crippen MR) is 112 cm³/mol. The van der Waals surface area contributed by atoms with E-state index in [2.05, 4.69) is 42.4 Å². The Bertz CT molecular complexity index is 1060. The Hall–Kier alpha value is -3.50. The van der Waals surface area contributed by atoms with Crippen LogP contribution in [0.15, 0.2) is 60.1 Å². The van der Waals surface area contributed by atoms with Gasteiger partial charge >= 0.3 is 0 Å². The van der Waals surface area contributed by atoms with Crippen LogP contribution in [0.1, 0.15) is 30.3 Å². The van der Waals surface area contributed by atoms with Crippen molar-refractivity contribution >= 4 is 28.3 Å². The Morgan fingerprint density at radius 2 is 2.04 bits per heavy atom. The molecule has 0 aliphatic heterocycles. The van der Waals surface area contributed by atoms with Gasteiger partial charge in [-0.05, 0) is 23.6 Å². The first kappa shape index (κ1) is 19.3. The number of nitro benzene ring substituents is 1. The number of nitro groups is 1. The average molecular weight is 390 g/mol. The Morgan fingerprint density at radius 1 is 1.29 bits per heavy atom. The number of non-ortho nitro benzene ring substituents is 1. The SMILES string of the molecule is CC(C)c1ccc(N/C=C(/C#N)c2nc(-c3cccc([N+](=O)[O-])c3)cs2)cc1. The molecule has 0 radical (unpaired) electrons. The van der Waals surface area contributed by atoms with Crippen molar-refractivity contribution in [3.63, 3.8) is 0 Å². The molecule has 140 valence electrons. The first-order valence-electron chi connectivity index (χ1n) is 8.65. The summed E-state index contributed by atoms with van der Waals surface area (Å²) in [5.74, 6) is 0.460. The van der Waals surface area contributed by atoms with Gasteiger partial charge in [0.05, 0.1) is 10.6 Å². The molecule has 28 heavy (non-hydrogen) atoms. The number of aromatic nitrogens is 1. The summed E-state index contributed by atoms with van der Waals surface area (Å²) in [5.41, 5.74) is 3.78. The molecule has 0 saturated heterocycles. The van der Waals surface area contributed by atoms with E-state index < -0.39 is 4.92 Å². The smallest absolute Gasteiger partial charge is 0.270 e. The molecule has 0 fully saturated rings. The summed E-state index contributed by atoms with van der Waals surface area (Å²) in [6.07, 6.45) is 1.63. The highest BCUT2D eigenvalue weighted by Crippen LogP contribution is 2.28. The molecule has 7 heteroatoms. The highest BCUT2D eigenvalue weighted by Gasteiger charge is 2.12. The van der Waals surface area contributed by atoms with E-state index in [1.54, 1.807) is 23.7 Å². The number of hydrogen-bond donors (Lipinski definition) is 1. The van der Waals surface area contributed by atoms with Gasteiger partial charge in [-0.15, -0.1) is 11.3 Å². The number of nitrogens with zero attached hydrogens (tertiary/aromatic N) is 3. The minimum Gasteiger partial charge on any atom is -0.360 e. The average Bonchev–Trinajstić information content (AvgIpc) is 3.19. The zero-order valence-corrected chi connectivity index (χ0v) is 16.2. The van der Waals surface area contributed by atoms with Gasteiger partial charge in [0.1, 0.15) is 16.6 Å². The molecule has 0 amide bonds. The minimum atomic E-state index is -0.439. The molecule has 1 heterocycles. The van der Waals surface area contributed by atoms with Crippen molar-refractivity contribution in [1.82, 2.24) is 4.98 Å². The molecule has 6 nitrogen and oxygen atoms in total. The number of allylic oxidation sites excluding steroid dienone is 1. The van der Waals surface area contributed by atoms with Gasteiger partial charge in [-0.3, -0.25) is 10.1 Å². The predicted octanol–water partition coefficient (Wildman–Crippen LogP) is 5.82. The lowest BCUT2D eigenvalue weighted by Gasteiger charge is -2.06. The number of thiazole rings is 1. The van der Waals surface area contributed by atoms with Crippen molar-refractivity contribution in [3.05, 3.63) is 80.8 Å². The molecule has 1 aromatic heterocycles. The van der Waals surface area contributed by atoms with Gasteiger partial charge in [0.2, 0.25) is 0 Å². The number of benzene rings is 2. The van der Waals surface area contributed by atoms with Crippen LogP contribution in [0.25, 0.3) is 16.8 Å². The van der Waals surface area contributed by atoms with E-state index in [9.17, 15) is 15.4 Å². The summed E-state index contributed by atoms with van der Waals surface area (Å²) < 4.78 is 0. The lowest BCUT2D eigenvalue weighted by atomic mass is 10.0. The van der Waals surface area contributed by atoms with Crippen LogP contribution in [-0.2, 0) is 0 Å². The Balaban J connectivity index is 1.80. The largest absolute Gasteiger partial charge is 0.360 e. The second-order valence-corrected chi connectivity index (χ2v) is 7.29. The number of nitrogens with one attached hydrogen (secondary N) is 1. The summed E-state index contributed by atoms with van der Waals surface area (Å²) in [4.78, 5) is 15.0. The molecule has 3 rings (SSSR count). The Kier molecular flexibility index (Phi) is 5.82. The van der Waals surface area contributed by atoms with E-state index in [0.717, 1.165) is 5.69 Å². The van der Waals surface area contributed by atoms with Crippen molar-refractivity contribution in [3.8, 4) is 17.3 Å². The molecule has 0 unspecified atom stereocenters. The maximum atomic E-state index is 10.9. The van der Waals surface area contributed by atoms with Crippen LogP contribution in [0.2, 0.25) is 0 Å². The van der Waals surface area contributed by atoms with Gasteiger partial charge in [0.15, 0.2) is 0 Å². The maximum Gasteiger partial charge on any atom is 0.270 e. The summed E-state index contributed by atoms with van der Waals surface area (Å²) in [6.45, 7) is 4.27. The molecular formula is C21H18N4O2S. The molecular weight excluding hydrogens is 372 g/mol. The number of nitriles is 1. The molecule has 2 aromatic carbocycles. The highest BCUT2D eigenvalue weighted by molar-refractivity contribution is 7.11. The monoisotopic (exact) mass is 390 g/mol. The molecule has 0 saturated carbocycles. The van der Waals surface area contributed by atoms with E-state index in [4.69, 9.17) is 0 Å². The third-order valence-electron chi connectivity index (χ3n) is 4.17. The summed E-state index contributed by atoms with van der Waals surface area (Å²) >= 11 is 1.32. The van der Waals surface area contributed by atoms with Crippen molar-refractivity contribution < 1.29 is 4.92 Å². The fourth-order valence-corrected chi connectivity index (χ4v) is 3.37. The van der Waals surface area contributed by atoms with Crippen LogP contribution in [-0.4, -0.2) is 9.91 Å². The molecule has 0 aliphatic carbocycles. The van der Waals surface area contributed by atoms with Crippen molar-refractivity contribution in [2.24, 2.45) is 0 Å². The van der Waals surface area contributed by atoms with Gasteiger partial charge in [-0.2, -0.15) is 5.26 Å².